The zero-order valence-electron chi connectivity index (χ0n) is 7.76. The van der Waals surface area contributed by atoms with Gasteiger partial charge >= 0.3 is 0 Å². The molecule has 0 aliphatic heterocycles. The van der Waals surface area contributed by atoms with Crippen LogP contribution in [0.5, 0.6) is 0 Å². The molecule has 0 N–H and O–H groups in total. The molecule has 3 nitrogen and oxygen atoms in total. The van der Waals surface area contributed by atoms with E-state index in [1.807, 2.05) is 0 Å². The lowest BCUT2D eigenvalue weighted by molar-refractivity contribution is -0.119. The Morgan fingerprint density at radius 3 is 2.08 bits per heavy atom. The van der Waals surface area contributed by atoms with Gasteiger partial charge in [0.25, 0.3) is 0 Å². The Balaban J connectivity index is 3.01. The van der Waals surface area contributed by atoms with Crippen LogP contribution in [0.4, 0.5) is 0 Å². The minimum absolute atomic E-state index is 0.140. The summed E-state index contributed by atoms with van der Waals surface area (Å²) in [5.41, 5.74) is 0. The highest BCUT2D eigenvalue weighted by atomic mass is 16.5. The van der Waals surface area contributed by atoms with E-state index < -0.39 is 0 Å². The van der Waals surface area contributed by atoms with E-state index in [4.69, 9.17) is 4.74 Å². The minimum atomic E-state index is 0.140. The highest BCUT2D eigenvalue weighted by Gasteiger charge is 1.95. The predicted molar refractivity (Wildman–Crippen MR) is 46.0 cm³/mol. The second-order valence-corrected chi connectivity index (χ2v) is 2.87. The fourth-order valence-electron chi connectivity index (χ4n) is 0.741. The third-order valence-corrected chi connectivity index (χ3v) is 1.42. The van der Waals surface area contributed by atoms with Crippen molar-refractivity contribution >= 4 is 11.6 Å². The summed E-state index contributed by atoms with van der Waals surface area (Å²) in [5, 5.41) is 0. The maximum absolute atomic E-state index is 10.5. The third kappa shape index (κ3) is 9.30. The Labute approximate surface area is 73.1 Å². The van der Waals surface area contributed by atoms with Crippen molar-refractivity contribution in [2.24, 2.45) is 0 Å². The molecule has 0 aromatic carbocycles. The first-order chi connectivity index (χ1) is 5.63. The summed E-state index contributed by atoms with van der Waals surface area (Å²) in [6.07, 6.45) is 1.80. The van der Waals surface area contributed by atoms with Crippen LogP contribution >= 0.6 is 0 Å². The van der Waals surface area contributed by atoms with Crippen molar-refractivity contribution in [2.45, 2.75) is 33.1 Å². The van der Waals surface area contributed by atoms with E-state index in [1.54, 1.807) is 13.8 Å². The highest BCUT2D eigenvalue weighted by molar-refractivity contribution is 5.75. The van der Waals surface area contributed by atoms with Crippen LogP contribution in [0.25, 0.3) is 0 Å². The molecule has 0 bridgehead atoms. The number of ether oxygens (including phenoxy) is 1. The van der Waals surface area contributed by atoms with Crippen LogP contribution in [0, 0.1) is 0 Å². The van der Waals surface area contributed by atoms with E-state index >= 15 is 0 Å². The van der Waals surface area contributed by atoms with Gasteiger partial charge in [0.1, 0.15) is 11.6 Å². The molecule has 0 aliphatic carbocycles. The lowest BCUT2D eigenvalue weighted by atomic mass is 10.2. The summed E-state index contributed by atoms with van der Waals surface area (Å²) < 4.78 is 5.12. The Hall–Kier alpha value is -0.700. The van der Waals surface area contributed by atoms with Gasteiger partial charge in [-0.05, 0) is 20.3 Å². The summed E-state index contributed by atoms with van der Waals surface area (Å²) in [6.45, 7) is 4.16. The van der Waals surface area contributed by atoms with Crippen molar-refractivity contribution in [3.63, 3.8) is 0 Å². The summed E-state index contributed by atoms with van der Waals surface area (Å²) in [6, 6.07) is 0. The van der Waals surface area contributed by atoms with Gasteiger partial charge in [0, 0.05) is 19.4 Å². The quantitative estimate of drug-likeness (QED) is 0.544. The van der Waals surface area contributed by atoms with Crippen LogP contribution in [-0.4, -0.2) is 24.8 Å². The topological polar surface area (TPSA) is 43.4 Å². The van der Waals surface area contributed by atoms with Gasteiger partial charge in [-0.1, -0.05) is 0 Å². The lowest BCUT2D eigenvalue weighted by Gasteiger charge is -2.00. The van der Waals surface area contributed by atoms with Crippen molar-refractivity contribution in [1.82, 2.24) is 0 Å². The number of hydrogen-bond acceptors (Lipinski definition) is 3. The molecule has 0 aliphatic rings. The first-order valence-corrected chi connectivity index (χ1v) is 4.19. The van der Waals surface area contributed by atoms with Crippen molar-refractivity contribution in [3.05, 3.63) is 0 Å². The van der Waals surface area contributed by atoms with Crippen molar-refractivity contribution in [2.75, 3.05) is 13.2 Å². The monoisotopic (exact) mass is 172 g/mol. The predicted octanol–water partition coefficient (Wildman–Crippen LogP) is 1.35. The van der Waals surface area contributed by atoms with Gasteiger partial charge in [-0.2, -0.15) is 0 Å². The van der Waals surface area contributed by atoms with Crippen LogP contribution < -0.4 is 0 Å². The molecule has 0 amide bonds. The van der Waals surface area contributed by atoms with Crippen molar-refractivity contribution in [3.8, 4) is 0 Å². The Kier molecular flexibility index (Phi) is 6.57. The number of hydrogen-bond donors (Lipinski definition) is 0. The van der Waals surface area contributed by atoms with Crippen LogP contribution in [0.15, 0.2) is 0 Å². The molecule has 70 valence electrons. The van der Waals surface area contributed by atoms with Crippen molar-refractivity contribution < 1.29 is 14.3 Å². The fraction of sp³-hybridized carbons (Fsp3) is 0.778. The standard InChI is InChI=1S/C9H16O3/c1-8(10)4-3-6-12-7-5-9(2)11/h3-7H2,1-2H3. The molecule has 0 saturated heterocycles. The molecule has 0 aromatic rings. The minimum Gasteiger partial charge on any atom is -0.381 e. The normalized spacial score (nSPS) is 9.83. The molecule has 0 heterocycles. The van der Waals surface area contributed by atoms with E-state index in [9.17, 15) is 9.59 Å². The average molecular weight is 172 g/mol. The Bertz CT molecular complexity index is 134. The van der Waals surface area contributed by atoms with E-state index in [1.165, 1.54) is 0 Å². The first kappa shape index (κ1) is 11.3. The molecule has 0 aromatic heterocycles. The highest BCUT2D eigenvalue weighted by Crippen LogP contribution is 1.92. The molecule has 0 atom stereocenters. The molecular weight excluding hydrogens is 156 g/mol. The van der Waals surface area contributed by atoms with Gasteiger partial charge in [-0.3, -0.25) is 4.79 Å². The number of rotatable bonds is 7. The fourth-order valence-corrected chi connectivity index (χ4v) is 0.741. The van der Waals surface area contributed by atoms with Crippen LogP contribution in [0.1, 0.15) is 33.1 Å². The van der Waals surface area contributed by atoms with E-state index in [2.05, 4.69) is 0 Å². The third-order valence-electron chi connectivity index (χ3n) is 1.42. The van der Waals surface area contributed by atoms with Gasteiger partial charge in [0.15, 0.2) is 0 Å². The Morgan fingerprint density at radius 2 is 1.58 bits per heavy atom. The SMILES string of the molecule is CC(=O)CCCOCCC(C)=O. The number of carbonyl (C=O) groups excluding carboxylic acids is 2. The summed E-state index contributed by atoms with van der Waals surface area (Å²) in [4.78, 5) is 20.9. The summed E-state index contributed by atoms with van der Waals surface area (Å²) in [5.74, 6) is 0.326. The number of carbonyl (C=O) groups is 2. The maximum Gasteiger partial charge on any atom is 0.132 e. The largest absolute Gasteiger partial charge is 0.381 e. The molecule has 0 unspecified atom stereocenters. The summed E-state index contributed by atoms with van der Waals surface area (Å²) >= 11 is 0. The van der Waals surface area contributed by atoms with Crippen molar-refractivity contribution in [1.29, 1.82) is 0 Å². The van der Waals surface area contributed by atoms with Gasteiger partial charge in [-0.15, -0.1) is 0 Å². The molecule has 0 fully saturated rings. The second-order valence-electron chi connectivity index (χ2n) is 2.87. The number of Topliss-reactive ketones (excluding diaryl/α,β-unsaturated/α-hetero) is 2. The molecule has 0 radical (unpaired) electrons. The van der Waals surface area contributed by atoms with E-state index in [-0.39, 0.29) is 11.6 Å². The zero-order valence-corrected chi connectivity index (χ0v) is 7.76. The first-order valence-electron chi connectivity index (χ1n) is 4.19. The van der Waals surface area contributed by atoms with Gasteiger partial charge in [-0.25, -0.2) is 0 Å². The second kappa shape index (κ2) is 6.98. The molecule has 12 heavy (non-hydrogen) atoms. The van der Waals surface area contributed by atoms with Gasteiger partial charge in [0.05, 0.1) is 6.61 Å². The number of ketones is 2. The molecule has 3 heteroatoms. The molecular formula is C9H16O3. The van der Waals surface area contributed by atoms with Crippen LogP contribution in [0.3, 0.4) is 0 Å². The molecule has 0 rings (SSSR count). The van der Waals surface area contributed by atoms with Gasteiger partial charge < -0.3 is 9.53 Å². The lowest BCUT2D eigenvalue weighted by Crippen LogP contribution is -2.02. The zero-order chi connectivity index (χ0) is 9.40. The smallest absolute Gasteiger partial charge is 0.132 e. The average Bonchev–Trinajstić information content (AvgIpc) is 1.95. The van der Waals surface area contributed by atoms with Gasteiger partial charge in [0.2, 0.25) is 0 Å². The maximum atomic E-state index is 10.5. The Morgan fingerprint density at radius 1 is 1.00 bits per heavy atom. The van der Waals surface area contributed by atoms with Crippen LogP contribution in [-0.2, 0) is 14.3 Å². The molecule has 0 spiro atoms. The van der Waals surface area contributed by atoms with Crippen LogP contribution in [0.2, 0.25) is 0 Å². The van der Waals surface area contributed by atoms with E-state index in [0.717, 1.165) is 6.42 Å². The summed E-state index contributed by atoms with van der Waals surface area (Å²) in [7, 11) is 0. The van der Waals surface area contributed by atoms with E-state index in [0.29, 0.717) is 26.1 Å². The molecule has 0 saturated carbocycles.